The smallest absolute Gasteiger partial charge is 0.0991 e. The van der Waals surface area contributed by atoms with Crippen molar-refractivity contribution in [3.05, 3.63) is 59.8 Å². The molecule has 0 spiro atoms. The Morgan fingerprint density at radius 3 is 2.57 bits per heavy atom. The van der Waals surface area contributed by atoms with Crippen LogP contribution >= 0.6 is 0 Å². The van der Waals surface area contributed by atoms with Crippen LogP contribution in [0.1, 0.15) is 25.0 Å². The molecule has 104 valence electrons. The Bertz CT molecular complexity index is 805. The highest BCUT2D eigenvalue weighted by atomic mass is 15.3. The number of nitrogens with zero attached hydrogens (tertiary/aromatic N) is 3. The Morgan fingerprint density at radius 2 is 1.90 bits per heavy atom. The minimum atomic E-state index is 0.619. The first-order valence-corrected chi connectivity index (χ1v) is 7.15. The second-order valence-corrected chi connectivity index (χ2v) is 5.68. The number of nitriles is 1. The molecule has 0 bridgehead atoms. The topological polar surface area (TPSA) is 41.6 Å². The van der Waals surface area contributed by atoms with Gasteiger partial charge in [-0.1, -0.05) is 26.0 Å². The molecule has 0 fully saturated rings. The molecule has 3 heteroatoms. The zero-order valence-electron chi connectivity index (χ0n) is 12.2. The van der Waals surface area contributed by atoms with Crippen molar-refractivity contribution in [2.45, 2.75) is 20.3 Å². The zero-order chi connectivity index (χ0) is 14.8. The number of benzene rings is 2. The molecule has 3 rings (SSSR count). The van der Waals surface area contributed by atoms with Crippen molar-refractivity contribution in [1.82, 2.24) is 9.78 Å². The summed E-state index contributed by atoms with van der Waals surface area (Å²) in [6.07, 6.45) is 3.13. The summed E-state index contributed by atoms with van der Waals surface area (Å²) in [6, 6.07) is 15.9. The molecule has 1 aromatic heterocycles. The van der Waals surface area contributed by atoms with E-state index in [1.54, 1.807) is 0 Å². The van der Waals surface area contributed by atoms with Gasteiger partial charge in [-0.2, -0.15) is 10.4 Å². The third-order valence-electron chi connectivity index (χ3n) is 3.53. The van der Waals surface area contributed by atoms with E-state index in [-0.39, 0.29) is 0 Å². The van der Waals surface area contributed by atoms with E-state index in [4.69, 9.17) is 5.26 Å². The monoisotopic (exact) mass is 275 g/mol. The van der Waals surface area contributed by atoms with Gasteiger partial charge in [0.05, 0.1) is 22.8 Å². The molecule has 0 aliphatic carbocycles. The average Bonchev–Trinajstić information content (AvgIpc) is 2.92. The second-order valence-electron chi connectivity index (χ2n) is 5.68. The number of rotatable bonds is 3. The van der Waals surface area contributed by atoms with Crippen LogP contribution in [-0.2, 0) is 6.42 Å². The molecule has 0 unspecified atom stereocenters. The Hall–Kier alpha value is -2.60. The molecule has 0 aliphatic heterocycles. The molecule has 0 amide bonds. The first-order valence-electron chi connectivity index (χ1n) is 7.15. The van der Waals surface area contributed by atoms with E-state index in [0.717, 1.165) is 17.6 Å². The summed E-state index contributed by atoms with van der Waals surface area (Å²) in [5.74, 6) is 0.619. The second kappa shape index (κ2) is 5.41. The van der Waals surface area contributed by atoms with Gasteiger partial charge in [0.15, 0.2) is 0 Å². The van der Waals surface area contributed by atoms with E-state index in [0.29, 0.717) is 11.5 Å². The van der Waals surface area contributed by atoms with Gasteiger partial charge in [-0.3, -0.25) is 0 Å². The average molecular weight is 275 g/mol. The normalized spacial score (nSPS) is 11.0. The first kappa shape index (κ1) is 13.4. The minimum Gasteiger partial charge on any atom is -0.240 e. The summed E-state index contributed by atoms with van der Waals surface area (Å²) >= 11 is 0. The maximum atomic E-state index is 8.86. The van der Waals surface area contributed by atoms with Crippen LogP contribution in [0, 0.1) is 17.2 Å². The molecule has 2 aromatic carbocycles. The summed E-state index contributed by atoms with van der Waals surface area (Å²) in [7, 11) is 0. The first-order chi connectivity index (χ1) is 10.2. The molecule has 0 aliphatic rings. The van der Waals surface area contributed by atoms with Gasteiger partial charge in [-0.05, 0) is 48.2 Å². The lowest BCUT2D eigenvalue weighted by Gasteiger charge is -2.05. The molecule has 0 saturated carbocycles. The van der Waals surface area contributed by atoms with Crippen LogP contribution in [0.2, 0.25) is 0 Å². The van der Waals surface area contributed by atoms with E-state index < -0.39 is 0 Å². The molecule has 3 nitrogen and oxygen atoms in total. The van der Waals surface area contributed by atoms with Gasteiger partial charge < -0.3 is 0 Å². The third-order valence-corrected chi connectivity index (χ3v) is 3.53. The summed E-state index contributed by atoms with van der Waals surface area (Å²) < 4.78 is 1.88. The molecule has 0 radical (unpaired) electrons. The fourth-order valence-electron chi connectivity index (χ4n) is 2.54. The Morgan fingerprint density at radius 1 is 1.14 bits per heavy atom. The van der Waals surface area contributed by atoms with E-state index in [1.807, 2.05) is 35.0 Å². The molecule has 0 N–H and O–H groups in total. The molecular weight excluding hydrogens is 258 g/mol. The predicted octanol–water partition coefficient (Wildman–Crippen LogP) is 4.10. The van der Waals surface area contributed by atoms with Crippen molar-refractivity contribution >= 4 is 10.9 Å². The molecule has 3 aromatic rings. The number of hydrogen-bond acceptors (Lipinski definition) is 2. The van der Waals surface area contributed by atoms with Crippen LogP contribution in [-0.4, -0.2) is 9.78 Å². The van der Waals surface area contributed by atoms with Gasteiger partial charge >= 0.3 is 0 Å². The molecule has 21 heavy (non-hydrogen) atoms. The van der Waals surface area contributed by atoms with Crippen molar-refractivity contribution in [3.63, 3.8) is 0 Å². The minimum absolute atomic E-state index is 0.619. The Kier molecular flexibility index (Phi) is 3.45. The maximum Gasteiger partial charge on any atom is 0.0991 e. The van der Waals surface area contributed by atoms with Crippen LogP contribution in [0.3, 0.4) is 0 Å². The van der Waals surface area contributed by atoms with Gasteiger partial charge in [0.2, 0.25) is 0 Å². The molecule has 0 saturated heterocycles. The van der Waals surface area contributed by atoms with Gasteiger partial charge in [-0.15, -0.1) is 0 Å². The van der Waals surface area contributed by atoms with E-state index in [1.165, 1.54) is 10.9 Å². The van der Waals surface area contributed by atoms with Crippen molar-refractivity contribution in [2.75, 3.05) is 0 Å². The lowest BCUT2D eigenvalue weighted by atomic mass is 10.0. The lowest BCUT2D eigenvalue weighted by Crippen LogP contribution is -1.94. The van der Waals surface area contributed by atoms with Crippen LogP contribution in [0.15, 0.2) is 48.7 Å². The van der Waals surface area contributed by atoms with E-state index >= 15 is 0 Å². The largest absolute Gasteiger partial charge is 0.240 e. The summed E-state index contributed by atoms with van der Waals surface area (Å²) in [4.78, 5) is 0. The van der Waals surface area contributed by atoms with E-state index in [2.05, 4.69) is 43.3 Å². The van der Waals surface area contributed by atoms with Crippen molar-refractivity contribution in [1.29, 1.82) is 5.26 Å². The highest BCUT2D eigenvalue weighted by Crippen LogP contribution is 2.22. The van der Waals surface area contributed by atoms with Gasteiger partial charge in [-0.25, -0.2) is 4.68 Å². The van der Waals surface area contributed by atoms with Crippen molar-refractivity contribution in [3.8, 4) is 11.8 Å². The lowest BCUT2D eigenvalue weighted by molar-refractivity contribution is 0.650. The Balaban J connectivity index is 2.06. The summed E-state index contributed by atoms with van der Waals surface area (Å²) in [5.41, 5.74) is 3.98. The van der Waals surface area contributed by atoms with Gasteiger partial charge in [0.25, 0.3) is 0 Å². The quantitative estimate of drug-likeness (QED) is 0.722. The highest BCUT2D eigenvalue weighted by molar-refractivity contribution is 5.82. The van der Waals surface area contributed by atoms with Crippen LogP contribution in [0.25, 0.3) is 16.6 Å². The summed E-state index contributed by atoms with van der Waals surface area (Å²) in [6.45, 7) is 4.45. The molecular formula is C18H17N3. The number of aromatic nitrogens is 2. The standard InChI is InChI=1S/C18H17N3/c1-13(2)10-15-4-3-5-18-17(15)12-21(20-18)16-8-6-14(11-19)7-9-16/h3-9,12-13H,10H2,1-2H3. The fourth-order valence-corrected chi connectivity index (χ4v) is 2.54. The SMILES string of the molecule is CC(C)Cc1cccc2nn(-c3ccc(C#N)cc3)cc12. The van der Waals surface area contributed by atoms with Crippen molar-refractivity contribution in [2.24, 2.45) is 5.92 Å². The van der Waals surface area contributed by atoms with Gasteiger partial charge in [0.1, 0.15) is 0 Å². The number of hydrogen-bond donors (Lipinski definition) is 0. The van der Waals surface area contributed by atoms with E-state index in [9.17, 15) is 0 Å². The van der Waals surface area contributed by atoms with Crippen LogP contribution in [0.5, 0.6) is 0 Å². The zero-order valence-corrected chi connectivity index (χ0v) is 12.2. The highest BCUT2D eigenvalue weighted by Gasteiger charge is 2.08. The van der Waals surface area contributed by atoms with Gasteiger partial charge in [0, 0.05) is 11.6 Å². The van der Waals surface area contributed by atoms with Crippen LogP contribution in [0.4, 0.5) is 0 Å². The Labute approximate surface area is 124 Å². The van der Waals surface area contributed by atoms with Crippen molar-refractivity contribution < 1.29 is 0 Å². The maximum absolute atomic E-state index is 8.86. The third kappa shape index (κ3) is 2.66. The number of fused-ring (bicyclic) bond motifs is 1. The predicted molar refractivity (Wildman–Crippen MR) is 84.3 cm³/mol. The molecule has 1 heterocycles. The molecule has 0 atom stereocenters. The van der Waals surface area contributed by atoms with Crippen LogP contribution < -0.4 is 0 Å². The fraction of sp³-hybridized carbons (Fsp3) is 0.222. The summed E-state index contributed by atoms with van der Waals surface area (Å²) in [5, 5.41) is 14.7.